The van der Waals surface area contributed by atoms with Gasteiger partial charge in [0.2, 0.25) is 11.8 Å². The van der Waals surface area contributed by atoms with E-state index < -0.39 is 0 Å². The first-order chi connectivity index (χ1) is 15.1. The number of hydrogen-bond donors (Lipinski definition) is 1. The van der Waals surface area contributed by atoms with Gasteiger partial charge in [0.25, 0.3) is 0 Å². The zero-order chi connectivity index (χ0) is 21.8. The summed E-state index contributed by atoms with van der Waals surface area (Å²) >= 11 is 1.27. The van der Waals surface area contributed by atoms with Crippen molar-refractivity contribution in [3.05, 3.63) is 61.2 Å². The van der Waals surface area contributed by atoms with Gasteiger partial charge in [-0.1, -0.05) is 42.1 Å². The molecule has 1 aromatic heterocycles. The molecule has 2 heterocycles. The highest BCUT2D eigenvalue weighted by molar-refractivity contribution is 7.99. The van der Waals surface area contributed by atoms with Crippen molar-refractivity contribution in [2.24, 2.45) is 0 Å². The molecule has 0 unspecified atom stereocenters. The van der Waals surface area contributed by atoms with Gasteiger partial charge in [0.1, 0.15) is 12.3 Å². The van der Waals surface area contributed by atoms with Crippen molar-refractivity contribution in [1.82, 2.24) is 14.8 Å². The fraction of sp³-hybridized carbons (Fsp3) is 0.182. The third-order valence-corrected chi connectivity index (χ3v) is 5.72. The van der Waals surface area contributed by atoms with Crippen molar-refractivity contribution in [3.8, 4) is 17.1 Å². The van der Waals surface area contributed by atoms with Crippen LogP contribution in [-0.4, -0.2) is 46.0 Å². The van der Waals surface area contributed by atoms with Gasteiger partial charge < -0.3 is 15.0 Å². The van der Waals surface area contributed by atoms with Crippen LogP contribution in [0, 0.1) is 0 Å². The zero-order valence-corrected chi connectivity index (χ0v) is 17.8. The number of anilines is 2. The van der Waals surface area contributed by atoms with Crippen molar-refractivity contribution in [2.45, 2.75) is 11.7 Å². The maximum Gasteiger partial charge on any atom is 0.244 e. The summed E-state index contributed by atoms with van der Waals surface area (Å²) in [6.07, 6.45) is 1.75. The first-order valence-electron chi connectivity index (χ1n) is 9.62. The monoisotopic (exact) mass is 435 g/mol. The van der Waals surface area contributed by atoms with Crippen LogP contribution in [0.2, 0.25) is 0 Å². The molecule has 0 saturated heterocycles. The highest BCUT2D eigenvalue weighted by Gasteiger charge is 2.27. The fourth-order valence-electron chi connectivity index (χ4n) is 3.38. The topological polar surface area (TPSA) is 89.4 Å². The summed E-state index contributed by atoms with van der Waals surface area (Å²) in [5.74, 6) is 1.03. The van der Waals surface area contributed by atoms with Crippen molar-refractivity contribution in [3.63, 3.8) is 0 Å². The number of nitrogens with zero attached hydrogens (tertiary/aromatic N) is 4. The minimum absolute atomic E-state index is 0.0117. The first kappa shape index (κ1) is 20.7. The van der Waals surface area contributed by atoms with E-state index >= 15 is 0 Å². The molecule has 31 heavy (non-hydrogen) atoms. The minimum Gasteiger partial charge on any atom is -0.496 e. The molecule has 8 nitrogen and oxygen atoms in total. The first-order valence-corrected chi connectivity index (χ1v) is 10.6. The second-order valence-corrected chi connectivity index (χ2v) is 7.68. The molecule has 4 rings (SSSR count). The maximum absolute atomic E-state index is 13.0. The van der Waals surface area contributed by atoms with Gasteiger partial charge in [0, 0.05) is 6.54 Å². The summed E-state index contributed by atoms with van der Waals surface area (Å²) < 4.78 is 7.34. The molecular weight excluding hydrogens is 414 g/mol. The Labute approximate surface area is 183 Å². The molecule has 0 radical (unpaired) electrons. The summed E-state index contributed by atoms with van der Waals surface area (Å²) in [5.41, 5.74) is 2.12. The molecule has 0 aliphatic carbocycles. The lowest BCUT2D eigenvalue weighted by Gasteiger charge is -2.29. The Bertz CT molecular complexity index is 1140. The Morgan fingerprint density at radius 3 is 2.81 bits per heavy atom. The number of carbonyl (C=O) groups excluding carboxylic acids is 2. The molecule has 3 aromatic rings. The highest BCUT2D eigenvalue weighted by Crippen LogP contribution is 2.32. The zero-order valence-electron chi connectivity index (χ0n) is 16.9. The number of para-hydroxylation sites is 3. The number of benzene rings is 2. The van der Waals surface area contributed by atoms with Gasteiger partial charge in [0.05, 0.1) is 29.8 Å². The van der Waals surface area contributed by atoms with Gasteiger partial charge in [-0.3, -0.25) is 14.2 Å². The van der Waals surface area contributed by atoms with E-state index in [4.69, 9.17) is 4.74 Å². The van der Waals surface area contributed by atoms with Crippen molar-refractivity contribution in [1.29, 1.82) is 0 Å². The van der Waals surface area contributed by atoms with Crippen LogP contribution < -0.4 is 15.0 Å². The van der Waals surface area contributed by atoms with E-state index in [1.54, 1.807) is 19.3 Å². The van der Waals surface area contributed by atoms with Gasteiger partial charge in [-0.15, -0.1) is 16.8 Å². The van der Waals surface area contributed by atoms with Gasteiger partial charge in [0.15, 0.2) is 11.0 Å². The fourth-order valence-corrected chi connectivity index (χ4v) is 4.20. The molecule has 0 saturated carbocycles. The Hall–Kier alpha value is -3.59. The van der Waals surface area contributed by atoms with E-state index in [2.05, 4.69) is 22.1 Å². The maximum atomic E-state index is 13.0. The molecule has 0 bridgehead atoms. The lowest BCUT2D eigenvalue weighted by Crippen LogP contribution is -2.43. The summed E-state index contributed by atoms with van der Waals surface area (Å²) in [6.45, 7) is 4.29. The molecule has 9 heteroatoms. The van der Waals surface area contributed by atoms with Crippen LogP contribution in [0.3, 0.4) is 0 Å². The number of carbonyl (C=O) groups is 2. The van der Waals surface area contributed by atoms with Gasteiger partial charge >= 0.3 is 0 Å². The Morgan fingerprint density at radius 2 is 2.00 bits per heavy atom. The van der Waals surface area contributed by atoms with Crippen LogP contribution in [0.5, 0.6) is 5.75 Å². The predicted molar refractivity (Wildman–Crippen MR) is 120 cm³/mol. The SMILES string of the molecule is C=CCn1c(SCC(=O)N2CC(=O)Nc3ccccc32)nnc1-c1ccccc1OC. The average molecular weight is 436 g/mol. The largest absolute Gasteiger partial charge is 0.496 e. The number of rotatable bonds is 7. The average Bonchev–Trinajstić information content (AvgIpc) is 3.19. The Morgan fingerprint density at radius 1 is 1.23 bits per heavy atom. The Kier molecular flexibility index (Phi) is 6.03. The van der Waals surface area contributed by atoms with Gasteiger partial charge in [-0.05, 0) is 24.3 Å². The highest BCUT2D eigenvalue weighted by atomic mass is 32.2. The molecular formula is C22H21N5O3S. The van der Waals surface area contributed by atoms with Crippen molar-refractivity contribution < 1.29 is 14.3 Å². The third-order valence-electron chi connectivity index (χ3n) is 4.77. The van der Waals surface area contributed by atoms with Crippen LogP contribution in [0.25, 0.3) is 11.4 Å². The van der Waals surface area contributed by atoms with Gasteiger partial charge in [-0.25, -0.2) is 0 Å². The van der Waals surface area contributed by atoms with Crippen LogP contribution in [0.4, 0.5) is 11.4 Å². The van der Waals surface area contributed by atoms with Crippen LogP contribution in [0.1, 0.15) is 0 Å². The number of nitrogens with one attached hydrogen (secondary N) is 1. The number of methoxy groups -OCH3 is 1. The van der Waals surface area contributed by atoms with E-state index in [1.807, 2.05) is 47.0 Å². The van der Waals surface area contributed by atoms with Crippen LogP contribution >= 0.6 is 11.8 Å². The second kappa shape index (κ2) is 9.05. The number of hydrogen-bond acceptors (Lipinski definition) is 6. The number of fused-ring (bicyclic) bond motifs is 1. The van der Waals surface area contributed by atoms with E-state index in [1.165, 1.54) is 16.7 Å². The molecule has 1 N–H and O–H groups in total. The molecule has 0 atom stereocenters. The van der Waals surface area contributed by atoms with Gasteiger partial charge in [-0.2, -0.15) is 0 Å². The smallest absolute Gasteiger partial charge is 0.244 e. The van der Waals surface area contributed by atoms with E-state index in [-0.39, 0.29) is 24.1 Å². The second-order valence-electron chi connectivity index (χ2n) is 6.74. The summed E-state index contributed by atoms with van der Waals surface area (Å²) in [6, 6.07) is 14.8. The molecule has 2 aromatic carbocycles. The molecule has 0 fully saturated rings. The number of aromatic nitrogens is 3. The predicted octanol–water partition coefficient (Wildman–Crippen LogP) is 3.22. The standard InChI is InChI=1S/C22H21N5O3S/c1-3-12-26-21(15-8-4-7-11-18(15)30-2)24-25-22(26)31-14-20(29)27-13-19(28)23-16-9-5-6-10-17(16)27/h3-11H,1,12-14H2,2H3,(H,23,28). The van der Waals surface area contributed by atoms with E-state index in [0.29, 0.717) is 34.6 Å². The minimum atomic E-state index is -0.217. The normalized spacial score (nSPS) is 12.8. The summed E-state index contributed by atoms with van der Waals surface area (Å²) in [4.78, 5) is 26.5. The quantitative estimate of drug-likeness (QED) is 0.453. The lowest BCUT2D eigenvalue weighted by molar-refractivity contribution is -0.120. The third kappa shape index (κ3) is 4.17. The van der Waals surface area contributed by atoms with E-state index in [9.17, 15) is 9.59 Å². The lowest BCUT2D eigenvalue weighted by atomic mass is 10.2. The molecule has 1 aliphatic rings. The Balaban J connectivity index is 1.57. The molecule has 2 amide bonds. The summed E-state index contributed by atoms with van der Waals surface area (Å²) in [5, 5.41) is 12.0. The summed E-state index contributed by atoms with van der Waals surface area (Å²) in [7, 11) is 1.61. The number of ether oxygens (including phenoxy) is 1. The van der Waals surface area contributed by atoms with Crippen molar-refractivity contribution in [2.75, 3.05) is 29.6 Å². The number of amides is 2. The number of thioether (sulfide) groups is 1. The number of allylic oxidation sites excluding steroid dienone is 1. The molecule has 158 valence electrons. The molecule has 1 aliphatic heterocycles. The van der Waals surface area contributed by atoms with Crippen molar-refractivity contribution >= 4 is 35.0 Å². The van der Waals surface area contributed by atoms with E-state index in [0.717, 1.165) is 5.56 Å². The molecule has 0 spiro atoms. The van der Waals surface area contributed by atoms with Crippen LogP contribution in [0.15, 0.2) is 66.3 Å². The van der Waals surface area contributed by atoms with Crippen LogP contribution in [-0.2, 0) is 16.1 Å².